The largest absolute Gasteiger partial charge is 0.345 e. The van der Waals surface area contributed by atoms with Crippen molar-refractivity contribution in [1.82, 2.24) is 0 Å². The van der Waals surface area contributed by atoms with Crippen LogP contribution in [0.25, 0.3) is 0 Å². The van der Waals surface area contributed by atoms with Crippen LogP contribution in [-0.2, 0) is 0 Å². The zero-order valence-electron chi connectivity index (χ0n) is 5.78. The lowest BCUT2D eigenvalue weighted by Crippen LogP contribution is -2.72. The van der Waals surface area contributed by atoms with Gasteiger partial charge in [-0.25, -0.2) is 0 Å². The molecular weight excluding hydrogens is 467 g/mol. The minimum Gasteiger partial charge on any atom is -0.163 e. The van der Waals surface area contributed by atoms with Gasteiger partial charge in [-0.05, 0) is 0 Å². The van der Waals surface area contributed by atoms with Crippen molar-refractivity contribution in [3.05, 3.63) is 0 Å². The van der Waals surface area contributed by atoms with E-state index in [0.29, 0.717) is 0 Å². The fourth-order valence-electron chi connectivity index (χ4n) is 0.482. The Labute approximate surface area is 131 Å². The molecule has 0 aliphatic carbocycles. The minimum atomic E-state index is -3.58. The highest BCUT2D eigenvalue weighted by Gasteiger charge is 2.78. The molecule has 0 saturated heterocycles. The van der Waals surface area contributed by atoms with E-state index in [1.165, 1.54) is 0 Å². The van der Waals surface area contributed by atoms with E-state index in [1.54, 1.807) is 0 Å². The van der Waals surface area contributed by atoms with E-state index in [1.807, 2.05) is 0 Å². The molecule has 0 bridgehead atoms. The van der Waals surface area contributed by atoms with Gasteiger partial charge in [-0.15, -0.1) is 99.7 Å². The van der Waals surface area contributed by atoms with E-state index in [0.717, 1.165) is 0 Å². The molecule has 14 heavy (non-hydrogen) atoms. The highest BCUT2D eigenvalue weighted by Crippen LogP contribution is 2.53. The quantitative estimate of drug-likeness (QED) is 0.387. The third kappa shape index (κ3) is 3.63. The standard InChI is InChI=1S/Cl10Si4/c1-11(2,3)14(10,12(4,5)6)13(7,8)9. The van der Waals surface area contributed by atoms with Gasteiger partial charge in [0.25, 0.3) is 5.94 Å². The molecule has 14 heteroatoms. The second kappa shape index (κ2) is 5.41. The summed E-state index contributed by atoms with van der Waals surface area (Å²) in [7, 11) is 0. The normalized spacial score (nSPS) is 15.9. The van der Waals surface area contributed by atoms with Crippen molar-refractivity contribution >= 4 is 133 Å². The van der Waals surface area contributed by atoms with Gasteiger partial charge in [0.1, 0.15) is 0 Å². The summed E-state index contributed by atoms with van der Waals surface area (Å²) in [4.78, 5) is 0. The molecule has 0 fully saturated rings. The number of halogens is 10. The molecule has 0 spiro atoms. The molecule has 0 nitrogen and oxygen atoms in total. The van der Waals surface area contributed by atoms with Gasteiger partial charge in [-0.3, -0.25) is 0 Å². The molecule has 0 radical (unpaired) electrons. The molecule has 0 aliphatic heterocycles. The lowest BCUT2D eigenvalue weighted by molar-refractivity contribution is 3.22. The molecule has 0 unspecified atom stereocenters. The number of rotatable bonds is 3. The molecule has 86 valence electrons. The van der Waals surface area contributed by atoms with Crippen molar-refractivity contribution in [2.45, 2.75) is 0 Å². The molecule has 0 heterocycles. The van der Waals surface area contributed by atoms with Crippen LogP contribution < -0.4 is 0 Å². The van der Waals surface area contributed by atoms with Crippen molar-refractivity contribution in [3.63, 3.8) is 0 Å². The predicted octanol–water partition coefficient (Wildman–Crippen LogP) is 5.37. The Morgan fingerprint density at radius 3 is 0.500 bits per heavy atom. The van der Waals surface area contributed by atoms with Crippen molar-refractivity contribution in [3.8, 4) is 0 Å². The first-order chi connectivity index (χ1) is 5.75. The molecule has 0 N–H and O–H groups in total. The molecule has 0 aromatic heterocycles. The van der Waals surface area contributed by atoms with Crippen LogP contribution >= 0.6 is 111 Å². The average Bonchev–Trinajstić information content (AvgIpc) is 1.77. The number of hydrogen-bond donors (Lipinski definition) is 0. The maximum Gasteiger partial charge on any atom is 0.345 e. The summed E-state index contributed by atoms with van der Waals surface area (Å²) in [6, 6.07) is 0. The Bertz CT molecular complexity index is 166. The Balaban J connectivity index is 5.54. The van der Waals surface area contributed by atoms with Crippen LogP contribution in [0, 0.1) is 0 Å². The molecule has 0 saturated carbocycles. The van der Waals surface area contributed by atoms with Crippen LogP contribution in [-0.4, -0.2) is 22.5 Å². The van der Waals surface area contributed by atoms with Gasteiger partial charge in [0.2, 0.25) is 0 Å². The Kier molecular flexibility index (Phi) is 6.86. The molecule has 0 amide bonds. The van der Waals surface area contributed by atoms with E-state index < -0.39 is 22.5 Å². The van der Waals surface area contributed by atoms with Crippen LogP contribution in [0.1, 0.15) is 0 Å². The van der Waals surface area contributed by atoms with Crippen LogP contribution in [0.4, 0.5) is 0 Å². The van der Waals surface area contributed by atoms with Gasteiger partial charge in [0.15, 0.2) is 0 Å². The molecular formula is Cl10Si4. The summed E-state index contributed by atoms with van der Waals surface area (Å²) >= 11 is 58.1. The smallest absolute Gasteiger partial charge is 0.163 e. The molecule has 0 atom stereocenters. The molecule has 0 rings (SSSR count). The highest BCUT2D eigenvalue weighted by molar-refractivity contribution is 8.34. The fourth-order valence-corrected chi connectivity index (χ4v) is 117. The third-order valence-corrected chi connectivity index (χ3v) is 94.9. The van der Waals surface area contributed by atoms with Crippen molar-refractivity contribution in [1.29, 1.82) is 0 Å². The van der Waals surface area contributed by atoms with Crippen LogP contribution in [0.15, 0.2) is 0 Å². The van der Waals surface area contributed by atoms with E-state index in [-0.39, 0.29) is 0 Å². The lowest BCUT2D eigenvalue weighted by atomic mass is 26.1. The van der Waals surface area contributed by atoms with Crippen LogP contribution in [0.5, 0.6) is 0 Å². The first-order valence-electron chi connectivity index (χ1n) is 2.64. The van der Waals surface area contributed by atoms with Gasteiger partial charge in [-0.2, -0.15) is 11.1 Å². The van der Waals surface area contributed by atoms with Crippen LogP contribution in [0.3, 0.4) is 0 Å². The van der Waals surface area contributed by atoms with E-state index in [2.05, 4.69) is 0 Å². The van der Waals surface area contributed by atoms with Crippen molar-refractivity contribution < 1.29 is 0 Å². The maximum atomic E-state index is 6.10. The van der Waals surface area contributed by atoms with Gasteiger partial charge in [-0.1, -0.05) is 0 Å². The Morgan fingerprint density at radius 1 is 0.357 bits per heavy atom. The van der Waals surface area contributed by atoms with Gasteiger partial charge in [0, 0.05) is 0 Å². The van der Waals surface area contributed by atoms with E-state index >= 15 is 0 Å². The second-order valence-electron chi connectivity index (χ2n) is 2.15. The van der Waals surface area contributed by atoms with E-state index in [4.69, 9.17) is 111 Å². The molecule has 0 aliphatic rings. The maximum absolute atomic E-state index is 6.10. The van der Waals surface area contributed by atoms with E-state index in [9.17, 15) is 0 Å². The summed E-state index contributed by atoms with van der Waals surface area (Å²) in [6.45, 7) is 0. The zero-order chi connectivity index (χ0) is 12.0. The SMILES string of the molecule is Cl[Si](Cl)(Cl)[Si](Cl)([Si](Cl)(Cl)Cl)[Si](Cl)(Cl)Cl. The van der Waals surface area contributed by atoms with Gasteiger partial charge < -0.3 is 0 Å². The minimum absolute atomic E-state index is 3.53. The summed E-state index contributed by atoms with van der Waals surface area (Å²) < 4.78 is 0. The third-order valence-electron chi connectivity index (χ3n) is 1.17. The monoisotopic (exact) mass is 462 g/mol. The van der Waals surface area contributed by atoms with Gasteiger partial charge >= 0.3 is 16.6 Å². The lowest BCUT2D eigenvalue weighted by Gasteiger charge is -2.36. The average molecular weight is 467 g/mol. The Morgan fingerprint density at radius 2 is 0.500 bits per heavy atom. The fraction of sp³-hybridized carbons (Fsp3) is 0. The zero-order valence-corrected chi connectivity index (χ0v) is 17.3. The highest BCUT2D eigenvalue weighted by atomic mass is 35.9. The predicted molar refractivity (Wildman–Crippen MR) is 81.5 cm³/mol. The topological polar surface area (TPSA) is 0 Å². The summed E-state index contributed by atoms with van der Waals surface area (Å²) in [5.41, 5.74) is -10.6. The Hall–Kier alpha value is 3.77. The summed E-state index contributed by atoms with van der Waals surface area (Å²) in [5, 5.41) is 0. The first-order valence-corrected chi connectivity index (χ1v) is 23.8. The molecule has 0 aromatic carbocycles. The number of hydrogen-bond acceptors (Lipinski definition) is 0. The van der Waals surface area contributed by atoms with Crippen molar-refractivity contribution in [2.75, 3.05) is 0 Å². The first kappa shape index (κ1) is 17.8. The van der Waals surface area contributed by atoms with Crippen LogP contribution in [0.2, 0.25) is 0 Å². The van der Waals surface area contributed by atoms with Crippen molar-refractivity contribution in [2.24, 2.45) is 0 Å². The molecule has 0 aromatic rings. The summed E-state index contributed by atoms with van der Waals surface area (Å²) in [5.74, 6) is -3.58. The second-order valence-corrected chi connectivity index (χ2v) is 58.1. The summed E-state index contributed by atoms with van der Waals surface area (Å²) in [6.07, 6.45) is 0. The van der Waals surface area contributed by atoms with Gasteiger partial charge in [0.05, 0.1) is 0 Å².